The summed E-state index contributed by atoms with van der Waals surface area (Å²) in [6.07, 6.45) is 0. The minimum Gasteiger partial charge on any atom is -0.456 e. The van der Waals surface area contributed by atoms with Crippen molar-refractivity contribution in [1.82, 2.24) is 19.1 Å². The molecule has 0 radical (unpaired) electrons. The molecule has 4 heterocycles. The van der Waals surface area contributed by atoms with Gasteiger partial charge in [-0.1, -0.05) is 103 Å². The molecule has 0 fully saturated rings. The van der Waals surface area contributed by atoms with Gasteiger partial charge in [0.15, 0.2) is 0 Å². The molecule has 0 atom stereocenters. The summed E-state index contributed by atoms with van der Waals surface area (Å²) in [5, 5.41) is 10.7. The summed E-state index contributed by atoms with van der Waals surface area (Å²) < 4.78 is 11.0. The van der Waals surface area contributed by atoms with E-state index in [4.69, 9.17) is 14.7 Å². The predicted molar refractivity (Wildman–Crippen MR) is 209 cm³/mol. The third kappa shape index (κ3) is 3.59. The summed E-state index contributed by atoms with van der Waals surface area (Å²) in [5.41, 5.74) is 8.30. The zero-order chi connectivity index (χ0) is 33.2. The first-order chi connectivity index (χ1) is 25.3. The molecule has 0 bridgehead atoms. The fraction of sp³-hybridized carbons (Fsp3) is 0. The Morgan fingerprint density at radius 2 is 1.14 bits per heavy atom. The molecule has 5 heteroatoms. The lowest BCUT2D eigenvalue weighted by molar-refractivity contribution is 0.486. The van der Waals surface area contributed by atoms with Crippen LogP contribution in [0.5, 0.6) is 11.5 Å². The summed E-state index contributed by atoms with van der Waals surface area (Å²) in [5.74, 6) is 2.22. The Morgan fingerprint density at radius 3 is 2.06 bits per heavy atom. The summed E-state index contributed by atoms with van der Waals surface area (Å²) >= 11 is 0. The summed E-state index contributed by atoms with van der Waals surface area (Å²) in [6.45, 7) is 0. The second-order valence-corrected chi connectivity index (χ2v) is 13.4. The molecule has 1 aliphatic rings. The minimum atomic E-state index is 0.636. The van der Waals surface area contributed by atoms with Gasteiger partial charge in [-0.3, -0.25) is 4.57 Å². The Balaban J connectivity index is 1.20. The SMILES string of the molecule is c1ccc2c(c1)Oc1cccc3nc(-n4c5ccccc5c5c4ccc4c6ccccc6n(-c6ccc7c(ccc8ccccc87)c6)c45)nc-2c13. The smallest absolute Gasteiger partial charge is 0.235 e. The first-order valence-electron chi connectivity index (χ1n) is 17.3. The number of fused-ring (bicyclic) bond motifs is 12. The van der Waals surface area contributed by atoms with Crippen LogP contribution in [0.15, 0.2) is 158 Å². The lowest BCUT2D eigenvalue weighted by atomic mass is 10.0. The van der Waals surface area contributed by atoms with Gasteiger partial charge in [-0.05, 0) is 76.1 Å². The summed E-state index contributed by atoms with van der Waals surface area (Å²) in [7, 11) is 0. The number of hydrogen-bond acceptors (Lipinski definition) is 3. The maximum Gasteiger partial charge on any atom is 0.235 e. The van der Waals surface area contributed by atoms with Gasteiger partial charge in [0.05, 0.1) is 38.7 Å². The lowest BCUT2D eigenvalue weighted by Crippen LogP contribution is -2.06. The highest BCUT2D eigenvalue weighted by Crippen LogP contribution is 2.46. The highest BCUT2D eigenvalue weighted by atomic mass is 16.5. The molecule has 0 saturated carbocycles. The Hall–Kier alpha value is -6.98. The molecule has 0 N–H and O–H groups in total. The van der Waals surface area contributed by atoms with Crippen LogP contribution < -0.4 is 4.74 Å². The highest BCUT2D eigenvalue weighted by Gasteiger charge is 2.26. The summed E-state index contributed by atoms with van der Waals surface area (Å²) in [4.78, 5) is 10.6. The molecule has 5 nitrogen and oxygen atoms in total. The van der Waals surface area contributed by atoms with Crippen LogP contribution in [0.4, 0.5) is 0 Å². The normalized spacial score (nSPS) is 12.5. The molecule has 12 rings (SSSR count). The first-order valence-corrected chi connectivity index (χ1v) is 17.3. The number of nitrogens with zero attached hydrogens (tertiary/aromatic N) is 4. The van der Waals surface area contributed by atoms with E-state index in [9.17, 15) is 0 Å². The van der Waals surface area contributed by atoms with Crippen molar-refractivity contribution in [2.45, 2.75) is 0 Å². The Kier molecular flexibility index (Phi) is 5.17. The first kappa shape index (κ1) is 26.9. The van der Waals surface area contributed by atoms with Gasteiger partial charge >= 0.3 is 0 Å². The average Bonchev–Trinajstić information content (AvgIpc) is 3.71. The zero-order valence-corrected chi connectivity index (χ0v) is 27.2. The molecule has 0 spiro atoms. The number of aromatic nitrogens is 4. The molecule has 0 saturated heterocycles. The van der Waals surface area contributed by atoms with E-state index in [1.54, 1.807) is 0 Å². The fourth-order valence-corrected chi connectivity index (χ4v) is 8.52. The molecule has 8 aromatic carbocycles. The van der Waals surface area contributed by atoms with Crippen LogP contribution in [0.2, 0.25) is 0 Å². The second-order valence-electron chi connectivity index (χ2n) is 13.4. The third-order valence-electron chi connectivity index (χ3n) is 10.7. The molecular formula is C46H26N4O. The van der Waals surface area contributed by atoms with Crippen LogP contribution in [-0.2, 0) is 0 Å². The van der Waals surface area contributed by atoms with E-state index in [1.807, 2.05) is 30.3 Å². The number of rotatable bonds is 2. The number of hydrogen-bond donors (Lipinski definition) is 0. The van der Waals surface area contributed by atoms with Gasteiger partial charge in [-0.2, -0.15) is 0 Å². The van der Waals surface area contributed by atoms with Gasteiger partial charge in [-0.25, -0.2) is 9.97 Å². The van der Waals surface area contributed by atoms with Crippen molar-refractivity contribution >= 4 is 76.1 Å². The van der Waals surface area contributed by atoms with Crippen LogP contribution in [0, 0.1) is 0 Å². The van der Waals surface area contributed by atoms with E-state index < -0.39 is 0 Å². The molecule has 3 aromatic heterocycles. The van der Waals surface area contributed by atoms with Crippen LogP contribution in [0.1, 0.15) is 0 Å². The predicted octanol–water partition coefficient (Wildman–Crippen LogP) is 11.9. The van der Waals surface area contributed by atoms with E-state index >= 15 is 0 Å². The molecule has 51 heavy (non-hydrogen) atoms. The molecule has 1 aliphatic heterocycles. The quantitative estimate of drug-likeness (QED) is 0.175. The van der Waals surface area contributed by atoms with E-state index in [0.29, 0.717) is 5.95 Å². The number of benzene rings is 8. The molecule has 0 amide bonds. The minimum absolute atomic E-state index is 0.636. The largest absolute Gasteiger partial charge is 0.456 e. The standard InChI is InChI=1S/C46H26N4O/c1-2-11-30-27(10-1)20-21-28-26-29(22-23-31(28)30)49-37-16-6-3-12-32(37)33-24-25-39-42(45(33)49)34-13-4-7-17-38(34)50(39)46-47-36-15-9-19-41-43(36)44(48-46)35-14-5-8-18-40(35)51-41/h1-26H. The van der Waals surface area contributed by atoms with Crippen molar-refractivity contribution in [3.63, 3.8) is 0 Å². The van der Waals surface area contributed by atoms with Gasteiger partial charge in [0.25, 0.3) is 0 Å². The molecule has 11 aromatic rings. The topological polar surface area (TPSA) is 44.9 Å². The van der Waals surface area contributed by atoms with Gasteiger partial charge in [0.1, 0.15) is 11.5 Å². The van der Waals surface area contributed by atoms with Crippen LogP contribution >= 0.6 is 0 Å². The van der Waals surface area contributed by atoms with Crippen LogP contribution in [-0.4, -0.2) is 19.1 Å². The molecule has 236 valence electrons. The van der Waals surface area contributed by atoms with Crippen molar-refractivity contribution in [2.24, 2.45) is 0 Å². The second kappa shape index (κ2) is 9.80. The van der Waals surface area contributed by atoms with Gasteiger partial charge in [0, 0.05) is 32.8 Å². The Labute approximate surface area is 291 Å². The van der Waals surface area contributed by atoms with Crippen LogP contribution in [0.3, 0.4) is 0 Å². The third-order valence-corrected chi connectivity index (χ3v) is 10.7. The number of para-hydroxylation sites is 3. The highest BCUT2D eigenvalue weighted by molar-refractivity contribution is 6.26. The molecule has 0 unspecified atom stereocenters. The fourth-order valence-electron chi connectivity index (χ4n) is 8.52. The number of ether oxygens (including phenoxy) is 1. The van der Waals surface area contributed by atoms with Gasteiger partial charge < -0.3 is 9.30 Å². The van der Waals surface area contributed by atoms with Crippen molar-refractivity contribution in [1.29, 1.82) is 0 Å². The monoisotopic (exact) mass is 650 g/mol. The molecule has 0 aliphatic carbocycles. The zero-order valence-electron chi connectivity index (χ0n) is 27.2. The van der Waals surface area contributed by atoms with Crippen LogP contribution in [0.25, 0.3) is 99.0 Å². The van der Waals surface area contributed by atoms with Gasteiger partial charge in [0.2, 0.25) is 5.95 Å². The van der Waals surface area contributed by atoms with E-state index in [0.717, 1.165) is 55.8 Å². The van der Waals surface area contributed by atoms with Crippen molar-refractivity contribution in [3.8, 4) is 34.4 Å². The van der Waals surface area contributed by atoms with E-state index in [-0.39, 0.29) is 0 Å². The Morgan fingerprint density at radius 1 is 0.431 bits per heavy atom. The maximum absolute atomic E-state index is 6.31. The van der Waals surface area contributed by atoms with Gasteiger partial charge in [-0.15, -0.1) is 0 Å². The lowest BCUT2D eigenvalue weighted by Gasteiger charge is -2.20. The molecular weight excluding hydrogens is 625 g/mol. The van der Waals surface area contributed by atoms with Crippen molar-refractivity contribution < 1.29 is 4.74 Å². The van der Waals surface area contributed by atoms with Crippen molar-refractivity contribution in [2.75, 3.05) is 0 Å². The van der Waals surface area contributed by atoms with E-state index in [1.165, 1.54) is 48.7 Å². The van der Waals surface area contributed by atoms with E-state index in [2.05, 4.69) is 137 Å². The maximum atomic E-state index is 6.31. The Bertz CT molecular complexity index is 3300. The summed E-state index contributed by atoms with van der Waals surface area (Å²) in [6, 6.07) is 56.1. The van der Waals surface area contributed by atoms with Crippen molar-refractivity contribution in [3.05, 3.63) is 158 Å². The average molecular weight is 651 g/mol.